The molecule has 0 aromatic heterocycles. The highest BCUT2D eigenvalue weighted by Crippen LogP contribution is 2.26. The van der Waals surface area contributed by atoms with E-state index < -0.39 is 21.6 Å². The Morgan fingerprint density at radius 2 is 1.32 bits per heavy atom. The Hall–Kier alpha value is -0.610. The number of aliphatic hydroxyl groups is 1. The minimum atomic E-state index is -4.64. The second-order valence-corrected chi connectivity index (χ2v) is 4.72. The van der Waals surface area contributed by atoms with Gasteiger partial charge in [0.15, 0.2) is 0 Å². The molecule has 13 heteroatoms. The molecular weight excluding hydrogens is 310 g/mol. The first kappa shape index (κ1) is 23.5. The van der Waals surface area contributed by atoms with E-state index in [9.17, 15) is 4.79 Å². The van der Waals surface area contributed by atoms with E-state index in [1.807, 2.05) is 0 Å². The van der Waals surface area contributed by atoms with E-state index in [1.165, 1.54) is 0 Å². The van der Waals surface area contributed by atoms with E-state index >= 15 is 0 Å². The molecule has 0 spiro atoms. The fourth-order valence-electron chi connectivity index (χ4n) is 0.262. The van der Waals surface area contributed by atoms with Gasteiger partial charge in [0, 0.05) is 5.57 Å². The summed E-state index contributed by atoms with van der Waals surface area (Å²) in [4.78, 5) is 53.6. The summed E-state index contributed by atoms with van der Waals surface area (Å²) >= 11 is 0. The van der Waals surface area contributed by atoms with Gasteiger partial charge in [-0.05, 0) is 6.92 Å². The van der Waals surface area contributed by atoms with Crippen LogP contribution in [-0.2, 0) is 18.7 Å². The van der Waals surface area contributed by atoms with Crippen molar-refractivity contribution in [1.29, 1.82) is 0 Å². The zero-order chi connectivity index (χ0) is 16.3. The number of ether oxygens (including phenoxy) is 1. The molecule has 0 heterocycles. The van der Waals surface area contributed by atoms with Gasteiger partial charge in [0.1, 0.15) is 6.61 Å². The summed E-state index contributed by atoms with van der Waals surface area (Å²) < 4.78 is 22.2. The average Bonchev–Trinajstić information content (AvgIpc) is 2.08. The normalized spacial score (nSPS) is 10.3. The summed E-state index contributed by atoms with van der Waals surface area (Å²) in [6.45, 7) is 4.81. The van der Waals surface area contributed by atoms with Crippen LogP contribution < -0.4 is 0 Å². The molecule has 0 aromatic carbocycles. The second kappa shape index (κ2) is 11.2. The van der Waals surface area contributed by atoms with Crippen molar-refractivity contribution >= 4 is 21.6 Å². The molecule has 0 saturated heterocycles. The topological polar surface area (TPSA) is 202 Å². The lowest BCUT2D eigenvalue weighted by atomic mass is 10.4. The lowest BCUT2D eigenvalue weighted by Crippen LogP contribution is -2.08. The van der Waals surface area contributed by atoms with Crippen LogP contribution in [0.2, 0.25) is 0 Å². The number of phosphoric acid groups is 2. The lowest BCUT2D eigenvalue weighted by Gasteiger charge is -1.99. The fourth-order valence-corrected chi connectivity index (χ4v) is 0.262. The highest BCUT2D eigenvalue weighted by Gasteiger charge is 2.01. The van der Waals surface area contributed by atoms with Crippen LogP contribution in [0.4, 0.5) is 0 Å². The van der Waals surface area contributed by atoms with E-state index in [4.69, 9.17) is 43.6 Å². The molecule has 11 nitrogen and oxygen atoms in total. The third-order valence-corrected chi connectivity index (χ3v) is 0.673. The van der Waals surface area contributed by atoms with Gasteiger partial charge in [-0.15, -0.1) is 0 Å². The number of carbonyl (C=O) groups excluding carboxylic acids is 1. The Balaban J connectivity index is -0.000000219. The van der Waals surface area contributed by atoms with Crippen molar-refractivity contribution < 1.29 is 53.1 Å². The molecule has 0 unspecified atom stereocenters. The van der Waals surface area contributed by atoms with E-state index in [0.29, 0.717) is 5.57 Å². The molecule has 0 aliphatic heterocycles. The summed E-state index contributed by atoms with van der Waals surface area (Å²) in [5.41, 5.74) is 0.350. The summed E-state index contributed by atoms with van der Waals surface area (Å²) in [5, 5.41) is 8.19. The number of esters is 1. The van der Waals surface area contributed by atoms with Crippen molar-refractivity contribution in [3.8, 4) is 0 Å². The Kier molecular flexibility index (Phi) is 13.9. The summed E-state index contributed by atoms with van der Waals surface area (Å²) in [7, 11) is -9.28. The largest absolute Gasteiger partial charge is 0.466 e. The van der Waals surface area contributed by atoms with E-state index in [1.54, 1.807) is 6.92 Å². The Labute approximate surface area is 108 Å². The second-order valence-electron chi connectivity index (χ2n) is 2.67. The van der Waals surface area contributed by atoms with Crippen LogP contribution in [0.3, 0.4) is 0 Å². The predicted molar refractivity (Wildman–Crippen MR) is 61.4 cm³/mol. The van der Waals surface area contributed by atoms with Crippen molar-refractivity contribution in [3.05, 3.63) is 12.2 Å². The molecule has 0 fully saturated rings. The first-order valence-corrected chi connectivity index (χ1v) is 7.31. The molecule has 116 valence electrons. The number of aliphatic hydroxyl groups excluding tert-OH is 1. The van der Waals surface area contributed by atoms with Gasteiger partial charge in [0.05, 0.1) is 6.61 Å². The van der Waals surface area contributed by atoms with Gasteiger partial charge in [-0.1, -0.05) is 6.58 Å². The molecule has 0 saturated carbocycles. The van der Waals surface area contributed by atoms with Gasteiger partial charge < -0.3 is 39.2 Å². The van der Waals surface area contributed by atoms with Crippen LogP contribution in [0.5, 0.6) is 0 Å². The quantitative estimate of drug-likeness (QED) is 0.176. The third-order valence-electron chi connectivity index (χ3n) is 0.673. The monoisotopic (exact) mass is 326 g/mol. The summed E-state index contributed by atoms with van der Waals surface area (Å²) in [6, 6.07) is 0. The Morgan fingerprint density at radius 1 is 1.05 bits per heavy atom. The predicted octanol–water partition coefficient (Wildman–Crippen LogP) is -1.76. The smallest absolute Gasteiger partial charge is 0.460 e. The van der Waals surface area contributed by atoms with Crippen molar-refractivity contribution in [2.45, 2.75) is 6.92 Å². The van der Waals surface area contributed by atoms with Crippen LogP contribution in [-0.4, -0.2) is 53.7 Å². The molecule has 0 aliphatic carbocycles. The van der Waals surface area contributed by atoms with Crippen LogP contribution in [0, 0.1) is 0 Å². The van der Waals surface area contributed by atoms with E-state index in [2.05, 4.69) is 11.3 Å². The van der Waals surface area contributed by atoms with E-state index in [-0.39, 0.29) is 13.2 Å². The number of carbonyl (C=O) groups is 1. The molecular formula is C6H16O11P2. The van der Waals surface area contributed by atoms with Gasteiger partial charge >= 0.3 is 21.6 Å². The molecule has 0 rings (SSSR count). The average molecular weight is 326 g/mol. The number of hydrogen-bond donors (Lipinski definition) is 7. The zero-order valence-electron chi connectivity index (χ0n) is 9.78. The highest BCUT2D eigenvalue weighted by atomic mass is 31.2. The van der Waals surface area contributed by atoms with Gasteiger partial charge in [-0.2, -0.15) is 0 Å². The maximum atomic E-state index is 10.5. The number of hydrogen-bond acceptors (Lipinski definition) is 5. The minimum absolute atomic E-state index is 0.0473. The van der Waals surface area contributed by atoms with Crippen LogP contribution in [0.25, 0.3) is 0 Å². The molecule has 0 bridgehead atoms. The van der Waals surface area contributed by atoms with Crippen molar-refractivity contribution in [1.82, 2.24) is 0 Å². The molecule has 19 heavy (non-hydrogen) atoms. The van der Waals surface area contributed by atoms with Crippen molar-refractivity contribution in [3.63, 3.8) is 0 Å². The molecule has 0 aromatic rings. The van der Waals surface area contributed by atoms with Gasteiger partial charge in [0.2, 0.25) is 0 Å². The van der Waals surface area contributed by atoms with Crippen LogP contribution in [0.1, 0.15) is 6.92 Å². The molecule has 0 amide bonds. The SMILES string of the molecule is C=C(C)C(=O)OCCO.O=P(O)(O)O.O=P(O)(O)O. The summed E-state index contributed by atoms with van der Waals surface area (Å²) in [5.74, 6) is -0.455. The molecule has 0 aliphatic rings. The van der Waals surface area contributed by atoms with Crippen molar-refractivity contribution in [2.75, 3.05) is 13.2 Å². The standard InChI is InChI=1S/C6H10O3.2H3O4P/c1-5(2)6(8)9-4-3-7;2*1-5(2,3)4/h7H,1,3-4H2,2H3;2*(H3,1,2,3,4). The Morgan fingerprint density at radius 3 is 1.47 bits per heavy atom. The molecule has 7 N–H and O–H groups in total. The fraction of sp³-hybridized carbons (Fsp3) is 0.500. The van der Waals surface area contributed by atoms with Crippen molar-refractivity contribution in [2.24, 2.45) is 0 Å². The number of rotatable bonds is 3. The maximum Gasteiger partial charge on any atom is 0.466 e. The third kappa shape index (κ3) is 75.4. The highest BCUT2D eigenvalue weighted by molar-refractivity contribution is 7.45. The van der Waals surface area contributed by atoms with Crippen LogP contribution >= 0.6 is 15.6 Å². The minimum Gasteiger partial charge on any atom is -0.460 e. The zero-order valence-corrected chi connectivity index (χ0v) is 11.6. The van der Waals surface area contributed by atoms with Gasteiger partial charge in [-0.25, -0.2) is 13.9 Å². The molecule has 0 atom stereocenters. The van der Waals surface area contributed by atoms with Gasteiger partial charge in [-0.3, -0.25) is 0 Å². The molecule has 0 radical (unpaired) electrons. The summed E-state index contributed by atoms with van der Waals surface area (Å²) in [6.07, 6.45) is 0. The van der Waals surface area contributed by atoms with Gasteiger partial charge in [0.25, 0.3) is 0 Å². The van der Waals surface area contributed by atoms with E-state index in [0.717, 1.165) is 0 Å². The lowest BCUT2D eigenvalue weighted by molar-refractivity contribution is -0.139. The first-order chi connectivity index (χ1) is 8.18. The maximum absolute atomic E-state index is 10.5. The first-order valence-electron chi connectivity index (χ1n) is 4.18. The Bertz CT molecular complexity index is 316. The van der Waals surface area contributed by atoms with Crippen LogP contribution in [0.15, 0.2) is 12.2 Å².